The molecule has 6 heteroatoms. The summed E-state index contributed by atoms with van der Waals surface area (Å²) in [7, 11) is -2.50. The summed E-state index contributed by atoms with van der Waals surface area (Å²) >= 11 is 0. The molecule has 2 aliphatic rings. The summed E-state index contributed by atoms with van der Waals surface area (Å²) in [5.74, 6) is -1.52. The fourth-order valence-corrected chi connectivity index (χ4v) is 4.01. The number of carbonyl (C=O) groups excluding carboxylic acids is 1. The lowest BCUT2D eigenvalue weighted by Crippen LogP contribution is -2.41. The van der Waals surface area contributed by atoms with Crippen LogP contribution in [0.25, 0.3) is 0 Å². The van der Waals surface area contributed by atoms with Crippen molar-refractivity contribution in [2.24, 2.45) is 11.8 Å². The minimum atomic E-state index is -3.89. The van der Waals surface area contributed by atoms with Crippen molar-refractivity contribution in [3.63, 3.8) is 0 Å². The third kappa shape index (κ3) is 2.14. The van der Waals surface area contributed by atoms with E-state index in [-0.39, 0.29) is 18.4 Å². The van der Waals surface area contributed by atoms with Crippen molar-refractivity contribution in [2.75, 3.05) is 6.61 Å². The molecule has 0 aromatic carbocycles. The van der Waals surface area contributed by atoms with Crippen LogP contribution in [0.5, 0.6) is 0 Å². The third-order valence-corrected chi connectivity index (χ3v) is 5.02. The number of fused-ring (bicyclic) bond motifs is 2. The molecule has 2 rings (SSSR count). The number of allylic oxidation sites excluding steroid dienone is 2. The lowest BCUT2D eigenvalue weighted by molar-refractivity contribution is -0.160. The topological polar surface area (TPSA) is 43.4 Å². The maximum atomic E-state index is 13.6. The molecule has 0 aromatic rings. The number of hydrogen-bond acceptors (Lipinski definition) is 3. The Labute approximate surface area is 101 Å². The van der Waals surface area contributed by atoms with Crippen LogP contribution in [-0.2, 0) is 20.3 Å². The first-order valence-corrected chi connectivity index (χ1v) is 6.82. The molecule has 0 aromatic heterocycles. The Morgan fingerprint density at radius 2 is 2.18 bits per heavy atom. The van der Waals surface area contributed by atoms with E-state index in [0.29, 0.717) is 6.42 Å². The van der Waals surface area contributed by atoms with Crippen molar-refractivity contribution in [2.45, 2.75) is 30.3 Å². The molecule has 0 amide bonds. The zero-order chi connectivity index (χ0) is 12.6. The van der Waals surface area contributed by atoms with E-state index in [0.717, 1.165) is 6.42 Å². The number of carbonyl (C=O) groups is 1. The molecular formula is C11H14F2O3S. The highest BCUT2D eigenvalue weighted by molar-refractivity contribution is 7.87. The second kappa shape index (κ2) is 4.48. The fraction of sp³-hybridized carbons (Fsp3) is 0.727. The summed E-state index contributed by atoms with van der Waals surface area (Å²) in [5.41, 5.74) is 0. The summed E-state index contributed by atoms with van der Waals surface area (Å²) in [6.07, 6.45) is 5.05. The van der Waals surface area contributed by atoms with Crippen molar-refractivity contribution in [1.82, 2.24) is 0 Å². The monoisotopic (exact) mass is 264 g/mol. The summed E-state index contributed by atoms with van der Waals surface area (Å²) in [6.45, 7) is 1.30. The predicted molar refractivity (Wildman–Crippen MR) is 58.9 cm³/mol. The van der Waals surface area contributed by atoms with E-state index in [1.807, 2.05) is 12.2 Å². The molecule has 0 saturated heterocycles. The maximum absolute atomic E-state index is 13.6. The van der Waals surface area contributed by atoms with Gasteiger partial charge in [0, 0.05) is 5.25 Å². The van der Waals surface area contributed by atoms with Crippen molar-refractivity contribution in [3.05, 3.63) is 12.2 Å². The SMILES string of the molecule is CCOC(=O)C(F)(F)S(=O)[C@@H]1C[C@H]2C=C[C@@H]1C2. The smallest absolute Gasteiger partial charge is 0.416 e. The van der Waals surface area contributed by atoms with Gasteiger partial charge in [-0.25, -0.2) is 4.79 Å². The number of halogens is 2. The molecule has 2 bridgehead atoms. The summed E-state index contributed by atoms with van der Waals surface area (Å²) in [4.78, 5) is 11.1. The Hall–Kier alpha value is -0.780. The van der Waals surface area contributed by atoms with Gasteiger partial charge in [0.15, 0.2) is 0 Å². The van der Waals surface area contributed by atoms with Crippen molar-refractivity contribution < 1.29 is 22.5 Å². The van der Waals surface area contributed by atoms with Crippen LogP contribution in [0.2, 0.25) is 0 Å². The third-order valence-electron chi connectivity index (χ3n) is 3.26. The van der Waals surface area contributed by atoms with Crippen LogP contribution >= 0.6 is 0 Å². The summed E-state index contributed by atoms with van der Waals surface area (Å²) in [6, 6.07) is 0. The molecular weight excluding hydrogens is 250 g/mol. The molecule has 2 aliphatic carbocycles. The van der Waals surface area contributed by atoms with Crippen LogP contribution in [0.1, 0.15) is 19.8 Å². The molecule has 17 heavy (non-hydrogen) atoms. The minimum Gasteiger partial charge on any atom is -0.461 e. The van der Waals surface area contributed by atoms with Gasteiger partial charge in [-0.05, 0) is 31.6 Å². The highest BCUT2D eigenvalue weighted by atomic mass is 32.2. The van der Waals surface area contributed by atoms with Gasteiger partial charge in [0.1, 0.15) is 10.8 Å². The fourth-order valence-electron chi connectivity index (χ4n) is 2.46. The molecule has 96 valence electrons. The number of hydrogen-bond donors (Lipinski definition) is 0. The molecule has 0 radical (unpaired) electrons. The molecule has 0 aliphatic heterocycles. The molecule has 0 heterocycles. The largest absolute Gasteiger partial charge is 0.461 e. The molecule has 3 nitrogen and oxygen atoms in total. The van der Waals surface area contributed by atoms with Gasteiger partial charge in [0.2, 0.25) is 0 Å². The second-order valence-corrected chi connectivity index (χ2v) is 6.07. The van der Waals surface area contributed by atoms with Gasteiger partial charge in [-0.1, -0.05) is 12.2 Å². The normalized spacial score (nSPS) is 32.8. The Morgan fingerprint density at radius 3 is 2.65 bits per heavy atom. The zero-order valence-corrected chi connectivity index (χ0v) is 10.2. The predicted octanol–water partition coefficient (Wildman–Crippen LogP) is 1.86. The lowest BCUT2D eigenvalue weighted by atomic mass is 10.1. The Morgan fingerprint density at radius 1 is 1.47 bits per heavy atom. The van der Waals surface area contributed by atoms with E-state index in [9.17, 15) is 17.8 Å². The van der Waals surface area contributed by atoms with Gasteiger partial charge in [0.05, 0.1) is 6.61 Å². The Kier molecular flexibility index (Phi) is 3.34. The van der Waals surface area contributed by atoms with Crippen LogP contribution in [0.4, 0.5) is 8.78 Å². The standard InChI is InChI=1S/C11H14F2O3S/c1-2-16-10(14)11(12,13)17(15)9-6-7-3-4-8(9)5-7/h3-4,7-9H,2,5-6H2,1H3/t7-,8+,9+,17?/m0/s1. The molecule has 1 fully saturated rings. The maximum Gasteiger partial charge on any atom is 0.416 e. The van der Waals surface area contributed by atoms with Gasteiger partial charge < -0.3 is 4.74 Å². The van der Waals surface area contributed by atoms with Crippen molar-refractivity contribution in [1.29, 1.82) is 0 Å². The average molecular weight is 264 g/mol. The van der Waals surface area contributed by atoms with Crippen LogP contribution in [0.15, 0.2) is 12.2 Å². The van der Waals surface area contributed by atoms with Gasteiger partial charge in [-0.2, -0.15) is 8.78 Å². The van der Waals surface area contributed by atoms with Crippen LogP contribution in [0, 0.1) is 11.8 Å². The van der Waals surface area contributed by atoms with E-state index >= 15 is 0 Å². The number of ether oxygens (including phenoxy) is 1. The Bertz CT molecular complexity index is 381. The zero-order valence-electron chi connectivity index (χ0n) is 9.40. The van der Waals surface area contributed by atoms with E-state index in [2.05, 4.69) is 4.74 Å². The summed E-state index contributed by atoms with van der Waals surface area (Å²) < 4.78 is 43.2. The lowest BCUT2D eigenvalue weighted by Gasteiger charge is -2.22. The molecule has 1 unspecified atom stereocenters. The highest BCUT2D eigenvalue weighted by Crippen LogP contribution is 2.44. The van der Waals surface area contributed by atoms with Gasteiger partial charge in [-0.3, -0.25) is 4.21 Å². The van der Waals surface area contributed by atoms with Crippen LogP contribution in [-0.4, -0.2) is 27.3 Å². The van der Waals surface area contributed by atoms with Crippen LogP contribution in [0.3, 0.4) is 0 Å². The minimum absolute atomic E-state index is 0.0823. The van der Waals surface area contributed by atoms with Crippen molar-refractivity contribution >= 4 is 16.8 Å². The first kappa shape index (κ1) is 12.7. The highest BCUT2D eigenvalue weighted by Gasteiger charge is 2.54. The van der Waals surface area contributed by atoms with Gasteiger partial charge in [0.25, 0.3) is 0 Å². The molecule has 1 saturated carbocycles. The van der Waals surface area contributed by atoms with E-state index in [1.165, 1.54) is 6.92 Å². The number of alkyl halides is 2. The number of rotatable bonds is 4. The average Bonchev–Trinajstić information content (AvgIpc) is 2.89. The first-order valence-electron chi connectivity index (χ1n) is 5.60. The molecule has 0 spiro atoms. The second-order valence-electron chi connectivity index (χ2n) is 4.35. The quantitative estimate of drug-likeness (QED) is 0.575. The van der Waals surface area contributed by atoms with E-state index in [4.69, 9.17) is 0 Å². The van der Waals surface area contributed by atoms with Gasteiger partial charge >= 0.3 is 11.2 Å². The van der Waals surface area contributed by atoms with E-state index in [1.54, 1.807) is 0 Å². The van der Waals surface area contributed by atoms with Gasteiger partial charge in [-0.15, -0.1) is 0 Å². The number of esters is 1. The van der Waals surface area contributed by atoms with Crippen LogP contribution < -0.4 is 0 Å². The molecule has 0 N–H and O–H groups in total. The first-order chi connectivity index (χ1) is 7.96. The molecule has 4 atom stereocenters. The van der Waals surface area contributed by atoms with Crippen molar-refractivity contribution in [3.8, 4) is 0 Å². The Balaban J connectivity index is 2.09. The summed E-state index contributed by atoms with van der Waals surface area (Å²) in [5, 5.41) is -4.51. The van der Waals surface area contributed by atoms with E-state index < -0.39 is 27.3 Å².